The van der Waals surface area contributed by atoms with Gasteiger partial charge in [-0.2, -0.15) is 0 Å². The molecule has 0 N–H and O–H groups in total. The third-order valence-electron chi connectivity index (χ3n) is 3.66. The molecule has 0 heterocycles. The summed E-state index contributed by atoms with van der Waals surface area (Å²) in [4.78, 5) is 14.3. The third-order valence-corrected chi connectivity index (χ3v) is 3.66. The lowest BCUT2D eigenvalue weighted by atomic mass is 10.1. The van der Waals surface area contributed by atoms with Gasteiger partial charge < -0.3 is 4.90 Å². The average molecular weight is 297 g/mol. The van der Waals surface area contributed by atoms with Crippen molar-refractivity contribution in [3.63, 3.8) is 0 Å². The minimum Gasteiger partial charge on any atom is -0.300 e. The molecule has 118 valence electrons. The standard InChI is InChI=1S/C17H25F2NO/c1-4-5-6-11-20(13(2)3)12-10-16(21)14-8-7-9-15(18)17(14)19/h7-9,13H,4-6,10-12H2,1-3H3. The predicted molar refractivity (Wildman–Crippen MR) is 81.5 cm³/mol. The maximum absolute atomic E-state index is 13.6. The van der Waals surface area contributed by atoms with Crippen LogP contribution < -0.4 is 0 Å². The maximum Gasteiger partial charge on any atom is 0.169 e. The Hall–Kier alpha value is -1.29. The van der Waals surface area contributed by atoms with E-state index >= 15 is 0 Å². The van der Waals surface area contributed by atoms with Gasteiger partial charge in [-0.1, -0.05) is 25.8 Å². The normalized spacial score (nSPS) is 11.4. The molecule has 0 aliphatic carbocycles. The third kappa shape index (κ3) is 5.54. The second-order valence-corrected chi connectivity index (χ2v) is 5.61. The van der Waals surface area contributed by atoms with Crippen LogP contribution >= 0.6 is 0 Å². The number of unbranched alkanes of at least 4 members (excludes halogenated alkanes) is 2. The molecule has 0 saturated carbocycles. The van der Waals surface area contributed by atoms with E-state index in [0.717, 1.165) is 31.9 Å². The molecule has 0 aromatic heterocycles. The minimum absolute atomic E-state index is 0.146. The van der Waals surface area contributed by atoms with Gasteiger partial charge in [0, 0.05) is 19.0 Å². The van der Waals surface area contributed by atoms with Crippen molar-refractivity contribution in [2.45, 2.75) is 52.5 Å². The summed E-state index contributed by atoms with van der Waals surface area (Å²) in [5.41, 5.74) is -0.146. The number of halogens is 2. The van der Waals surface area contributed by atoms with Gasteiger partial charge in [0.1, 0.15) is 0 Å². The van der Waals surface area contributed by atoms with Crippen molar-refractivity contribution in [3.05, 3.63) is 35.4 Å². The van der Waals surface area contributed by atoms with Crippen molar-refractivity contribution in [1.29, 1.82) is 0 Å². The number of carbonyl (C=O) groups excluding carboxylic acids is 1. The number of rotatable bonds is 9. The summed E-state index contributed by atoms with van der Waals surface area (Å²) < 4.78 is 26.7. The Morgan fingerprint density at radius 1 is 1.19 bits per heavy atom. The van der Waals surface area contributed by atoms with Crippen LogP contribution in [-0.4, -0.2) is 29.8 Å². The highest BCUT2D eigenvalue weighted by Crippen LogP contribution is 2.14. The first-order chi connectivity index (χ1) is 9.97. The molecule has 0 unspecified atom stereocenters. The van der Waals surface area contributed by atoms with Gasteiger partial charge in [-0.05, 0) is 38.9 Å². The molecule has 0 fully saturated rings. The van der Waals surface area contributed by atoms with E-state index in [1.165, 1.54) is 12.1 Å². The fourth-order valence-corrected chi connectivity index (χ4v) is 2.29. The van der Waals surface area contributed by atoms with Crippen molar-refractivity contribution in [2.24, 2.45) is 0 Å². The van der Waals surface area contributed by atoms with Gasteiger partial charge in [0.05, 0.1) is 5.56 Å². The van der Waals surface area contributed by atoms with Crippen molar-refractivity contribution in [1.82, 2.24) is 4.90 Å². The number of nitrogens with zero attached hydrogens (tertiary/aromatic N) is 1. The topological polar surface area (TPSA) is 20.3 Å². The molecular formula is C17H25F2NO. The van der Waals surface area contributed by atoms with Crippen LogP contribution in [0, 0.1) is 11.6 Å². The zero-order chi connectivity index (χ0) is 15.8. The molecule has 4 heteroatoms. The van der Waals surface area contributed by atoms with Crippen LogP contribution in [0.1, 0.15) is 56.8 Å². The number of ketones is 1. The maximum atomic E-state index is 13.6. The molecule has 0 aliphatic rings. The van der Waals surface area contributed by atoms with Crippen LogP contribution in [0.25, 0.3) is 0 Å². The summed E-state index contributed by atoms with van der Waals surface area (Å²) in [6.07, 6.45) is 3.62. The largest absolute Gasteiger partial charge is 0.300 e. The Morgan fingerprint density at radius 3 is 2.52 bits per heavy atom. The SMILES string of the molecule is CCCCCN(CCC(=O)c1cccc(F)c1F)C(C)C. The van der Waals surface area contributed by atoms with Crippen LogP contribution in [0.3, 0.4) is 0 Å². The van der Waals surface area contributed by atoms with Gasteiger partial charge in [0.25, 0.3) is 0 Å². The van der Waals surface area contributed by atoms with Gasteiger partial charge in [-0.15, -0.1) is 0 Å². The fraction of sp³-hybridized carbons (Fsp3) is 0.588. The Bertz CT molecular complexity index is 460. The fourth-order valence-electron chi connectivity index (χ4n) is 2.29. The van der Waals surface area contributed by atoms with Gasteiger partial charge in [0.15, 0.2) is 17.4 Å². The smallest absolute Gasteiger partial charge is 0.169 e. The van der Waals surface area contributed by atoms with E-state index in [1.807, 2.05) is 0 Å². The Labute approximate surface area is 126 Å². The van der Waals surface area contributed by atoms with Crippen LogP contribution in [0.15, 0.2) is 18.2 Å². The van der Waals surface area contributed by atoms with E-state index in [0.29, 0.717) is 12.6 Å². The molecular weight excluding hydrogens is 272 g/mol. The molecule has 0 saturated heterocycles. The highest BCUT2D eigenvalue weighted by molar-refractivity contribution is 5.96. The number of carbonyl (C=O) groups is 1. The molecule has 1 aromatic carbocycles. The second kappa shape index (κ2) is 8.88. The quantitative estimate of drug-likeness (QED) is 0.496. The number of hydrogen-bond acceptors (Lipinski definition) is 2. The van der Waals surface area contributed by atoms with Crippen molar-refractivity contribution < 1.29 is 13.6 Å². The minimum atomic E-state index is -1.04. The molecule has 1 aromatic rings. The van der Waals surface area contributed by atoms with Crippen molar-refractivity contribution in [3.8, 4) is 0 Å². The molecule has 0 amide bonds. The Kier molecular flexibility index (Phi) is 7.51. The lowest BCUT2D eigenvalue weighted by Crippen LogP contribution is -2.33. The summed E-state index contributed by atoms with van der Waals surface area (Å²) in [6.45, 7) is 7.83. The first kappa shape index (κ1) is 17.8. The molecule has 0 radical (unpaired) electrons. The lowest BCUT2D eigenvalue weighted by Gasteiger charge is -2.26. The summed E-state index contributed by atoms with van der Waals surface area (Å²) >= 11 is 0. The predicted octanol–water partition coefficient (Wildman–Crippen LogP) is 4.44. The van der Waals surface area contributed by atoms with E-state index in [1.54, 1.807) is 0 Å². The molecule has 21 heavy (non-hydrogen) atoms. The summed E-state index contributed by atoms with van der Waals surface area (Å²) in [5.74, 6) is -2.35. The number of Topliss-reactive ketones (excluding diaryl/α,β-unsaturated/α-hetero) is 1. The van der Waals surface area contributed by atoms with Crippen molar-refractivity contribution >= 4 is 5.78 Å². The Morgan fingerprint density at radius 2 is 1.90 bits per heavy atom. The lowest BCUT2D eigenvalue weighted by molar-refractivity contribution is 0.0950. The highest BCUT2D eigenvalue weighted by Gasteiger charge is 2.17. The van der Waals surface area contributed by atoms with E-state index in [-0.39, 0.29) is 17.8 Å². The number of hydrogen-bond donors (Lipinski definition) is 0. The first-order valence-corrected chi connectivity index (χ1v) is 7.68. The monoisotopic (exact) mass is 297 g/mol. The van der Waals surface area contributed by atoms with E-state index in [4.69, 9.17) is 0 Å². The highest BCUT2D eigenvalue weighted by atomic mass is 19.2. The summed E-state index contributed by atoms with van der Waals surface area (Å²) in [7, 11) is 0. The zero-order valence-corrected chi connectivity index (χ0v) is 13.2. The van der Waals surface area contributed by atoms with Gasteiger partial charge in [0.2, 0.25) is 0 Å². The molecule has 0 bridgehead atoms. The Balaban J connectivity index is 2.58. The molecule has 0 atom stereocenters. The summed E-state index contributed by atoms with van der Waals surface area (Å²) in [5, 5.41) is 0. The average Bonchev–Trinajstić information content (AvgIpc) is 2.44. The van der Waals surface area contributed by atoms with E-state index in [9.17, 15) is 13.6 Å². The molecule has 1 rings (SSSR count). The van der Waals surface area contributed by atoms with Crippen LogP contribution in [0.2, 0.25) is 0 Å². The van der Waals surface area contributed by atoms with Gasteiger partial charge in [-0.3, -0.25) is 4.79 Å². The van der Waals surface area contributed by atoms with Gasteiger partial charge in [-0.25, -0.2) is 8.78 Å². The second-order valence-electron chi connectivity index (χ2n) is 5.61. The number of benzene rings is 1. The molecule has 2 nitrogen and oxygen atoms in total. The van der Waals surface area contributed by atoms with E-state index in [2.05, 4.69) is 25.7 Å². The van der Waals surface area contributed by atoms with Crippen LogP contribution in [0.4, 0.5) is 8.78 Å². The van der Waals surface area contributed by atoms with Crippen molar-refractivity contribution in [2.75, 3.05) is 13.1 Å². The van der Waals surface area contributed by atoms with Crippen LogP contribution in [0.5, 0.6) is 0 Å². The van der Waals surface area contributed by atoms with E-state index < -0.39 is 11.6 Å². The molecule has 0 spiro atoms. The zero-order valence-electron chi connectivity index (χ0n) is 13.2. The first-order valence-electron chi connectivity index (χ1n) is 7.68. The summed E-state index contributed by atoms with van der Waals surface area (Å²) in [6, 6.07) is 4.08. The van der Waals surface area contributed by atoms with Crippen LogP contribution in [-0.2, 0) is 0 Å². The van der Waals surface area contributed by atoms with Gasteiger partial charge >= 0.3 is 0 Å². The molecule has 0 aliphatic heterocycles.